The lowest BCUT2D eigenvalue weighted by Gasteiger charge is -2.08. The number of carbonyl (C=O) groups is 2. The summed E-state index contributed by atoms with van der Waals surface area (Å²) in [7, 11) is 0. The molecular weight excluding hydrogens is 280 g/mol. The lowest BCUT2D eigenvalue weighted by Crippen LogP contribution is -2.35. The lowest BCUT2D eigenvalue weighted by molar-refractivity contribution is 0.0952. The molecule has 0 atom stereocenters. The third kappa shape index (κ3) is 6.43. The Bertz CT molecular complexity index is 452. The predicted octanol–water partition coefficient (Wildman–Crippen LogP) is 2.60. The van der Waals surface area contributed by atoms with Crippen LogP contribution in [0.1, 0.15) is 30.1 Å². The van der Waals surface area contributed by atoms with Crippen LogP contribution in [0.2, 0.25) is 5.02 Å². The molecule has 0 bridgehead atoms. The van der Waals surface area contributed by atoms with Gasteiger partial charge < -0.3 is 15.4 Å². The van der Waals surface area contributed by atoms with Crippen molar-refractivity contribution < 1.29 is 14.3 Å². The van der Waals surface area contributed by atoms with Crippen molar-refractivity contribution in [1.29, 1.82) is 0 Å². The van der Waals surface area contributed by atoms with Crippen LogP contribution in [-0.2, 0) is 4.74 Å². The number of benzene rings is 1. The van der Waals surface area contributed by atoms with Crippen LogP contribution in [0.25, 0.3) is 0 Å². The van der Waals surface area contributed by atoms with E-state index in [2.05, 4.69) is 10.6 Å². The van der Waals surface area contributed by atoms with Gasteiger partial charge in [-0.3, -0.25) is 4.79 Å². The summed E-state index contributed by atoms with van der Waals surface area (Å²) >= 11 is 5.80. The number of nitrogens with one attached hydrogen (secondary N) is 2. The third-order valence-corrected chi connectivity index (χ3v) is 2.73. The van der Waals surface area contributed by atoms with Crippen LogP contribution in [-0.4, -0.2) is 31.7 Å². The summed E-state index contributed by atoms with van der Waals surface area (Å²) in [6, 6.07) is 6.67. The molecule has 0 saturated carbocycles. The van der Waals surface area contributed by atoms with Crippen LogP contribution in [0.3, 0.4) is 0 Å². The average Bonchev–Trinajstić information content (AvgIpc) is 2.43. The summed E-state index contributed by atoms with van der Waals surface area (Å²) < 4.78 is 4.91. The smallest absolute Gasteiger partial charge is 0.407 e. The molecule has 0 aromatic heterocycles. The number of hydrogen-bond donors (Lipinski definition) is 2. The molecule has 6 heteroatoms. The highest BCUT2D eigenvalue weighted by molar-refractivity contribution is 6.30. The largest absolute Gasteiger partial charge is 0.450 e. The van der Waals surface area contributed by atoms with Gasteiger partial charge in [0.15, 0.2) is 0 Å². The molecular formula is C14H19ClN2O3. The van der Waals surface area contributed by atoms with Crippen molar-refractivity contribution in [2.24, 2.45) is 0 Å². The normalized spacial score (nSPS) is 9.90. The van der Waals surface area contributed by atoms with E-state index in [0.717, 1.165) is 12.8 Å². The van der Waals surface area contributed by atoms with Crippen molar-refractivity contribution in [3.8, 4) is 0 Å². The Morgan fingerprint density at radius 3 is 2.70 bits per heavy atom. The van der Waals surface area contributed by atoms with Gasteiger partial charge in [-0.05, 0) is 24.6 Å². The number of carbonyl (C=O) groups excluding carboxylic acids is 2. The van der Waals surface area contributed by atoms with Crippen molar-refractivity contribution in [1.82, 2.24) is 10.6 Å². The predicted molar refractivity (Wildman–Crippen MR) is 78.0 cm³/mol. The quantitative estimate of drug-likeness (QED) is 0.760. The molecule has 0 aliphatic rings. The summed E-state index contributed by atoms with van der Waals surface area (Å²) in [5, 5.41) is 5.75. The molecule has 110 valence electrons. The Kier molecular flexibility index (Phi) is 7.50. The minimum absolute atomic E-state index is 0.228. The van der Waals surface area contributed by atoms with Crippen LogP contribution < -0.4 is 10.6 Å². The number of ether oxygens (including phenoxy) is 1. The van der Waals surface area contributed by atoms with Crippen LogP contribution in [0.4, 0.5) is 4.79 Å². The molecule has 0 heterocycles. The topological polar surface area (TPSA) is 67.4 Å². The maximum Gasteiger partial charge on any atom is 0.407 e. The molecule has 0 unspecified atom stereocenters. The van der Waals surface area contributed by atoms with Crippen molar-refractivity contribution in [3.05, 3.63) is 34.9 Å². The fraction of sp³-hybridized carbons (Fsp3) is 0.429. The van der Waals surface area contributed by atoms with Crippen molar-refractivity contribution >= 4 is 23.6 Å². The van der Waals surface area contributed by atoms with Gasteiger partial charge in [0, 0.05) is 23.7 Å². The highest BCUT2D eigenvalue weighted by Gasteiger charge is 2.05. The molecule has 2 N–H and O–H groups in total. The number of halogens is 1. The molecule has 1 aromatic carbocycles. The van der Waals surface area contributed by atoms with Gasteiger partial charge in [0.05, 0.1) is 6.61 Å². The van der Waals surface area contributed by atoms with E-state index in [1.165, 1.54) is 0 Å². The van der Waals surface area contributed by atoms with Crippen molar-refractivity contribution in [2.45, 2.75) is 19.8 Å². The maximum atomic E-state index is 11.7. The van der Waals surface area contributed by atoms with Crippen LogP contribution in [0.15, 0.2) is 24.3 Å². The second kappa shape index (κ2) is 9.20. The highest BCUT2D eigenvalue weighted by Crippen LogP contribution is 2.10. The molecule has 0 saturated heterocycles. The molecule has 2 amide bonds. The number of unbranched alkanes of at least 4 members (excludes halogenated alkanes) is 1. The zero-order valence-electron chi connectivity index (χ0n) is 11.4. The standard InChI is InChI=1S/C14H19ClN2O3/c1-2-3-9-20-14(19)17-8-7-16-13(18)11-5-4-6-12(15)10-11/h4-6,10H,2-3,7-9H2,1H3,(H,16,18)(H,17,19). The fourth-order valence-electron chi connectivity index (χ4n) is 1.43. The van der Waals surface area contributed by atoms with E-state index in [4.69, 9.17) is 16.3 Å². The second-order valence-corrected chi connectivity index (χ2v) is 4.62. The Morgan fingerprint density at radius 2 is 2.00 bits per heavy atom. The van der Waals surface area contributed by atoms with E-state index in [0.29, 0.717) is 30.3 Å². The molecule has 0 aliphatic heterocycles. The molecule has 5 nitrogen and oxygen atoms in total. The van der Waals surface area contributed by atoms with Gasteiger partial charge in [-0.25, -0.2) is 4.79 Å². The average molecular weight is 299 g/mol. The SMILES string of the molecule is CCCCOC(=O)NCCNC(=O)c1cccc(Cl)c1. The Labute approximate surface area is 123 Å². The zero-order valence-corrected chi connectivity index (χ0v) is 12.2. The Hall–Kier alpha value is -1.75. The lowest BCUT2D eigenvalue weighted by atomic mass is 10.2. The third-order valence-electron chi connectivity index (χ3n) is 2.50. The van der Waals surface area contributed by atoms with E-state index in [-0.39, 0.29) is 5.91 Å². The van der Waals surface area contributed by atoms with Crippen LogP contribution in [0, 0.1) is 0 Å². The van der Waals surface area contributed by atoms with Crippen LogP contribution >= 0.6 is 11.6 Å². The number of alkyl carbamates (subject to hydrolysis) is 1. The second-order valence-electron chi connectivity index (χ2n) is 4.18. The number of amides is 2. The van der Waals surface area contributed by atoms with E-state index < -0.39 is 6.09 Å². The first-order chi connectivity index (χ1) is 9.63. The van der Waals surface area contributed by atoms with E-state index in [1.54, 1.807) is 24.3 Å². The minimum Gasteiger partial charge on any atom is -0.450 e. The van der Waals surface area contributed by atoms with E-state index >= 15 is 0 Å². The molecule has 0 fully saturated rings. The summed E-state index contributed by atoms with van der Waals surface area (Å²) in [6.07, 6.45) is 1.36. The van der Waals surface area contributed by atoms with Crippen molar-refractivity contribution in [3.63, 3.8) is 0 Å². The van der Waals surface area contributed by atoms with Gasteiger partial charge in [-0.2, -0.15) is 0 Å². The monoisotopic (exact) mass is 298 g/mol. The highest BCUT2D eigenvalue weighted by atomic mass is 35.5. The van der Waals surface area contributed by atoms with Gasteiger partial charge in [-0.1, -0.05) is 31.0 Å². The van der Waals surface area contributed by atoms with E-state index in [1.807, 2.05) is 6.92 Å². The number of hydrogen-bond acceptors (Lipinski definition) is 3. The first-order valence-electron chi connectivity index (χ1n) is 6.58. The van der Waals surface area contributed by atoms with Gasteiger partial charge >= 0.3 is 6.09 Å². The summed E-state index contributed by atoms with van der Waals surface area (Å²) in [6.45, 7) is 3.08. The van der Waals surface area contributed by atoms with Crippen LogP contribution in [0.5, 0.6) is 0 Å². The molecule has 0 radical (unpaired) electrons. The van der Waals surface area contributed by atoms with E-state index in [9.17, 15) is 9.59 Å². The van der Waals surface area contributed by atoms with Crippen molar-refractivity contribution in [2.75, 3.05) is 19.7 Å². The molecule has 20 heavy (non-hydrogen) atoms. The first-order valence-corrected chi connectivity index (χ1v) is 6.95. The maximum absolute atomic E-state index is 11.7. The Morgan fingerprint density at radius 1 is 1.25 bits per heavy atom. The van der Waals surface area contributed by atoms with Gasteiger partial charge in [0.1, 0.15) is 0 Å². The fourth-order valence-corrected chi connectivity index (χ4v) is 1.62. The molecule has 0 aliphatic carbocycles. The number of rotatable bonds is 7. The van der Waals surface area contributed by atoms with Gasteiger partial charge in [0.25, 0.3) is 5.91 Å². The zero-order chi connectivity index (χ0) is 14.8. The Balaban J connectivity index is 2.18. The van der Waals surface area contributed by atoms with Gasteiger partial charge in [0.2, 0.25) is 0 Å². The summed E-state index contributed by atoms with van der Waals surface area (Å²) in [5.41, 5.74) is 0.489. The summed E-state index contributed by atoms with van der Waals surface area (Å²) in [4.78, 5) is 23.0. The van der Waals surface area contributed by atoms with Gasteiger partial charge in [-0.15, -0.1) is 0 Å². The molecule has 1 rings (SSSR count). The minimum atomic E-state index is -0.463. The molecule has 0 spiro atoms. The first kappa shape index (κ1) is 16.3. The molecule has 1 aromatic rings. The summed E-state index contributed by atoms with van der Waals surface area (Å²) in [5.74, 6) is -0.228.